The Labute approximate surface area is 180 Å². The molecule has 2 aromatic heterocycles. The topological polar surface area (TPSA) is 77.7 Å². The molecule has 30 heavy (non-hydrogen) atoms. The average molecular weight is 413 g/mol. The van der Waals surface area contributed by atoms with Crippen LogP contribution in [0.5, 0.6) is 0 Å². The van der Waals surface area contributed by atoms with Crippen LogP contribution in [0.3, 0.4) is 0 Å². The maximum absolute atomic E-state index is 5.74. The molecule has 0 aromatic carbocycles. The van der Waals surface area contributed by atoms with Crippen molar-refractivity contribution < 1.29 is 4.42 Å². The second-order valence-corrected chi connectivity index (χ2v) is 7.62. The number of aliphatic imine (C=N–C) groups is 1. The summed E-state index contributed by atoms with van der Waals surface area (Å²) in [5.41, 5.74) is 0. The standard InChI is InChI=1S/C23H36N6O/c1-2-24-23(27-15-7-6-14-26-22-12-4-5-13-25-22)28-19-20(21-11-10-18-30-21)29-16-8-3-9-17-29/h4-5,10-13,18,20H,2-3,6-9,14-17,19H2,1H3,(H,25,26)(H2,24,27,28). The van der Waals surface area contributed by atoms with Gasteiger partial charge in [-0.15, -0.1) is 0 Å². The monoisotopic (exact) mass is 412 g/mol. The van der Waals surface area contributed by atoms with Gasteiger partial charge in [-0.1, -0.05) is 12.5 Å². The van der Waals surface area contributed by atoms with Gasteiger partial charge in [-0.2, -0.15) is 0 Å². The highest BCUT2D eigenvalue weighted by molar-refractivity contribution is 5.79. The summed E-state index contributed by atoms with van der Waals surface area (Å²) in [6, 6.07) is 10.2. The molecule has 1 saturated heterocycles. The number of pyridine rings is 1. The molecule has 1 aliphatic heterocycles. The molecule has 1 fully saturated rings. The Hall–Kier alpha value is -2.54. The first-order chi connectivity index (χ1) is 14.9. The third-order valence-corrected chi connectivity index (χ3v) is 5.34. The highest BCUT2D eigenvalue weighted by Gasteiger charge is 2.24. The van der Waals surface area contributed by atoms with Gasteiger partial charge in [-0.05, 0) is 70.0 Å². The fourth-order valence-corrected chi connectivity index (χ4v) is 3.76. The van der Waals surface area contributed by atoms with Gasteiger partial charge in [0.15, 0.2) is 5.96 Å². The molecule has 7 heteroatoms. The molecule has 0 bridgehead atoms. The van der Waals surface area contributed by atoms with Gasteiger partial charge in [-0.25, -0.2) is 4.98 Å². The van der Waals surface area contributed by atoms with Crippen molar-refractivity contribution in [3.05, 3.63) is 48.6 Å². The van der Waals surface area contributed by atoms with E-state index in [0.29, 0.717) is 6.54 Å². The smallest absolute Gasteiger partial charge is 0.191 e. The van der Waals surface area contributed by atoms with Gasteiger partial charge in [0.1, 0.15) is 11.6 Å². The van der Waals surface area contributed by atoms with Gasteiger partial charge in [0.2, 0.25) is 0 Å². The Morgan fingerprint density at radius 3 is 2.70 bits per heavy atom. The maximum atomic E-state index is 5.74. The maximum Gasteiger partial charge on any atom is 0.191 e. The predicted molar refractivity (Wildman–Crippen MR) is 123 cm³/mol. The van der Waals surface area contributed by atoms with Crippen LogP contribution in [-0.2, 0) is 0 Å². The van der Waals surface area contributed by atoms with E-state index in [4.69, 9.17) is 9.41 Å². The predicted octanol–water partition coefficient (Wildman–Crippen LogP) is 3.65. The van der Waals surface area contributed by atoms with Gasteiger partial charge >= 0.3 is 0 Å². The number of unbranched alkanes of at least 4 members (excludes halogenated alkanes) is 1. The highest BCUT2D eigenvalue weighted by atomic mass is 16.3. The van der Waals surface area contributed by atoms with E-state index in [2.05, 4.69) is 38.8 Å². The fraction of sp³-hybridized carbons (Fsp3) is 0.565. The number of nitrogens with one attached hydrogen (secondary N) is 3. The van der Waals surface area contributed by atoms with Crippen molar-refractivity contribution in [1.29, 1.82) is 0 Å². The minimum absolute atomic E-state index is 0.207. The normalized spacial score (nSPS) is 16.2. The van der Waals surface area contributed by atoms with E-state index in [0.717, 1.165) is 63.1 Å². The summed E-state index contributed by atoms with van der Waals surface area (Å²) in [5.74, 6) is 2.82. The van der Waals surface area contributed by atoms with Crippen LogP contribution < -0.4 is 16.0 Å². The summed E-state index contributed by atoms with van der Waals surface area (Å²) in [4.78, 5) is 11.7. The highest BCUT2D eigenvalue weighted by Crippen LogP contribution is 2.25. The molecule has 1 atom stereocenters. The lowest BCUT2D eigenvalue weighted by Gasteiger charge is -2.32. The third kappa shape index (κ3) is 7.37. The lowest BCUT2D eigenvalue weighted by molar-refractivity contribution is 0.150. The molecule has 0 amide bonds. The summed E-state index contributed by atoms with van der Waals surface area (Å²) in [6.45, 7) is 7.70. The third-order valence-electron chi connectivity index (χ3n) is 5.34. The van der Waals surface area contributed by atoms with Crippen LogP contribution in [-0.4, -0.2) is 55.1 Å². The molecule has 7 nitrogen and oxygen atoms in total. The molecule has 1 aliphatic rings. The molecular weight excluding hydrogens is 376 g/mol. The van der Waals surface area contributed by atoms with Crippen molar-refractivity contribution in [3.63, 3.8) is 0 Å². The quantitative estimate of drug-likeness (QED) is 0.297. The zero-order chi connectivity index (χ0) is 20.9. The van der Waals surface area contributed by atoms with Gasteiger partial charge in [0.05, 0.1) is 18.8 Å². The molecule has 0 spiro atoms. The fourth-order valence-electron chi connectivity index (χ4n) is 3.76. The van der Waals surface area contributed by atoms with E-state index < -0.39 is 0 Å². The van der Waals surface area contributed by atoms with E-state index in [1.807, 2.05) is 30.5 Å². The Kier molecular flexibility index (Phi) is 9.53. The van der Waals surface area contributed by atoms with Crippen molar-refractivity contribution in [3.8, 4) is 0 Å². The number of nitrogens with zero attached hydrogens (tertiary/aromatic N) is 3. The summed E-state index contributed by atoms with van der Waals surface area (Å²) < 4.78 is 5.74. The molecule has 3 N–H and O–H groups in total. The Morgan fingerprint density at radius 1 is 1.10 bits per heavy atom. The van der Waals surface area contributed by atoms with Crippen LogP contribution in [0.1, 0.15) is 50.8 Å². The second-order valence-electron chi connectivity index (χ2n) is 7.62. The zero-order valence-corrected chi connectivity index (χ0v) is 18.1. The zero-order valence-electron chi connectivity index (χ0n) is 18.1. The summed E-state index contributed by atoms with van der Waals surface area (Å²) >= 11 is 0. The first-order valence-corrected chi connectivity index (χ1v) is 11.3. The van der Waals surface area contributed by atoms with Crippen molar-refractivity contribution >= 4 is 11.8 Å². The number of rotatable bonds is 11. The van der Waals surface area contributed by atoms with E-state index in [1.54, 1.807) is 6.26 Å². The van der Waals surface area contributed by atoms with Gasteiger partial charge in [0.25, 0.3) is 0 Å². The molecule has 0 aliphatic carbocycles. The van der Waals surface area contributed by atoms with Crippen LogP contribution in [0.25, 0.3) is 0 Å². The van der Waals surface area contributed by atoms with Crippen molar-refractivity contribution in [2.45, 2.75) is 45.1 Å². The number of guanidine groups is 1. The average Bonchev–Trinajstić information content (AvgIpc) is 3.32. The van der Waals surface area contributed by atoms with E-state index in [9.17, 15) is 0 Å². The van der Waals surface area contributed by atoms with Crippen LogP contribution in [0.2, 0.25) is 0 Å². The molecule has 1 unspecified atom stereocenters. The first kappa shape index (κ1) is 22.2. The van der Waals surface area contributed by atoms with E-state index >= 15 is 0 Å². The molecule has 2 aromatic rings. The molecule has 3 rings (SSSR count). The Bertz CT molecular complexity index is 713. The molecular formula is C23H36N6O. The summed E-state index contributed by atoms with van der Waals surface area (Å²) in [7, 11) is 0. The summed E-state index contributed by atoms with van der Waals surface area (Å²) in [6.07, 6.45) is 9.55. The Balaban J connectivity index is 1.45. The molecule has 0 saturated carbocycles. The number of piperidine rings is 1. The van der Waals surface area contributed by atoms with Crippen LogP contribution >= 0.6 is 0 Å². The van der Waals surface area contributed by atoms with Gasteiger partial charge < -0.3 is 20.4 Å². The number of furan rings is 1. The number of anilines is 1. The minimum Gasteiger partial charge on any atom is -0.468 e. The van der Waals surface area contributed by atoms with E-state index in [1.165, 1.54) is 19.3 Å². The number of hydrogen-bond donors (Lipinski definition) is 3. The van der Waals surface area contributed by atoms with Gasteiger partial charge in [-0.3, -0.25) is 9.89 Å². The SMILES string of the molecule is CCNC(=NCC(c1ccco1)N1CCCCC1)NCCCCNc1ccccn1. The van der Waals surface area contributed by atoms with Crippen molar-refractivity contribution in [2.75, 3.05) is 44.6 Å². The van der Waals surface area contributed by atoms with Crippen LogP contribution in [0.4, 0.5) is 5.82 Å². The largest absolute Gasteiger partial charge is 0.468 e. The molecule has 164 valence electrons. The number of likely N-dealkylation sites (tertiary alicyclic amines) is 1. The minimum atomic E-state index is 0.207. The lowest BCUT2D eigenvalue weighted by Crippen LogP contribution is -2.40. The van der Waals surface area contributed by atoms with Crippen LogP contribution in [0.15, 0.2) is 52.2 Å². The van der Waals surface area contributed by atoms with Crippen molar-refractivity contribution in [2.24, 2.45) is 4.99 Å². The molecule has 3 heterocycles. The first-order valence-electron chi connectivity index (χ1n) is 11.3. The van der Waals surface area contributed by atoms with Gasteiger partial charge in [0, 0.05) is 25.8 Å². The number of hydrogen-bond acceptors (Lipinski definition) is 5. The van der Waals surface area contributed by atoms with Crippen LogP contribution in [0, 0.1) is 0 Å². The Morgan fingerprint density at radius 2 is 1.97 bits per heavy atom. The molecule has 0 radical (unpaired) electrons. The number of aromatic nitrogens is 1. The second kappa shape index (κ2) is 12.9. The van der Waals surface area contributed by atoms with E-state index in [-0.39, 0.29) is 6.04 Å². The van der Waals surface area contributed by atoms with Crippen molar-refractivity contribution in [1.82, 2.24) is 20.5 Å². The lowest BCUT2D eigenvalue weighted by atomic mass is 10.1. The summed E-state index contributed by atoms with van der Waals surface area (Å²) in [5, 5.41) is 10.2.